The van der Waals surface area contributed by atoms with Crippen LogP contribution in [0.15, 0.2) is 48.5 Å². The van der Waals surface area contributed by atoms with Crippen LogP contribution >= 0.6 is 0 Å². The summed E-state index contributed by atoms with van der Waals surface area (Å²) in [5.41, 5.74) is -0.731. The number of carbonyl (C=O) groups is 3. The number of halogens is 2. The number of ketones is 1. The van der Waals surface area contributed by atoms with Gasteiger partial charge < -0.3 is 14.8 Å². The molecule has 7 nitrogen and oxygen atoms in total. The Labute approximate surface area is 165 Å². The number of carbonyl (C=O) groups excluding carboxylic acids is 3. The van der Waals surface area contributed by atoms with Crippen LogP contribution in [-0.2, 0) is 10.3 Å². The molecule has 0 radical (unpaired) electrons. The van der Waals surface area contributed by atoms with Gasteiger partial charge in [-0.2, -0.15) is 8.78 Å². The minimum Gasteiger partial charge on any atom is -0.497 e. The number of hydrogen-bond donors (Lipinski definition) is 1. The maximum absolute atomic E-state index is 12.9. The van der Waals surface area contributed by atoms with E-state index in [9.17, 15) is 23.2 Å². The topological polar surface area (TPSA) is 84.9 Å². The molecule has 1 aliphatic heterocycles. The molecule has 1 atom stereocenters. The van der Waals surface area contributed by atoms with E-state index in [2.05, 4.69) is 10.1 Å². The number of urea groups is 1. The largest absolute Gasteiger partial charge is 0.497 e. The second-order valence-electron chi connectivity index (χ2n) is 6.50. The van der Waals surface area contributed by atoms with Gasteiger partial charge in [-0.25, -0.2) is 4.79 Å². The molecule has 3 amide bonds. The molecule has 3 rings (SSSR count). The van der Waals surface area contributed by atoms with Crippen molar-refractivity contribution in [3.63, 3.8) is 0 Å². The second kappa shape index (κ2) is 7.86. The summed E-state index contributed by atoms with van der Waals surface area (Å²) in [5, 5.41) is 2.56. The average Bonchev–Trinajstić information content (AvgIpc) is 2.92. The van der Waals surface area contributed by atoms with Crippen LogP contribution in [0.25, 0.3) is 0 Å². The van der Waals surface area contributed by atoms with Crippen LogP contribution in [0.2, 0.25) is 0 Å². The summed E-state index contributed by atoms with van der Waals surface area (Å²) in [7, 11) is 1.50. The minimum absolute atomic E-state index is 0.0735. The molecule has 0 saturated carbocycles. The van der Waals surface area contributed by atoms with Crippen LogP contribution in [0.5, 0.6) is 11.5 Å². The highest BCUT2D eigenvalue weighted by Crippen LogP contribution is 2.30. The Morgan fingerprint density at radius 3 is 2.21 bits per heavy atom. The summed E-state index contributed by atoms with van der Waals surface area (Å²) in [6, 6.07) is 10.9. The molecule has 2 aromatic rings. The molecule has 1 saturated heterocycles. The third-order valence-corrected chi connectivity index (χ3v) is 4.65. The number of alkyl halides is 2. The van der Waals surface area contributed by atoms with E-state index >= 15 is 0 Å². The number of rotatable bonds is 7. The fraction of sp³-hybridized carbons (Fsp3) is 0.250. The quantitative estimate of drug-likeness (QED) is 0.567. The molecular formula is C20H18F2N2O5. The average molecular weight is 404 g/mol. The smallest absolute Gasteiger partial charge is 0.387 e. The lowest BCUT2D eigenvalue weighted by Crippen LogP contribution is -2.41. The number of amides is 3. The zero-order chi connectivity index (χ0) is 21.2. The Hall–Kier alpha value is -3.49. The SMILES string of the molecule is COc1ccc(C(=O)CN2C(=O)N[C@@](C)(c3ccc(OC(F)F)cc3)C2=O)cc1. The van der Waals surface area contributed by atoms with E-state index in [1.54, 1.807) is 24.3 Å². The number of Topliss-reactive ketones (excluding diaryl/α,β-unsaturated/α-hetero) is 1. The number of hydrogen-bond acceptors (Lipinski definition) is 5. The minimum atomic E-state index is -2.97. The highest BCUT2D eigenvalue weighted by atomic mass is 19.3. The summed E-state index contributed by atoms with van der Waals surface area (Å²) in [6.07, 6.45) is 0. The van der Waals surface area contributed by atoms with E-state index in [1.165, 1.54) is 38.3 Å². The van der Waals surface area contributed by atoms with Crippen LogP contribution in [0, 0.1) is 0 Å². The van der Waals surface area contributed by atoms with Gasteiger partial charge >= 0.3 is 12.6 Å². The molecule has 0 aliphatic carbocycles. The summed E-state index contributed by atoms with van der Waals surface area (Å²) >= 11 is 0. The van der Waals surface area contributed by atoms with E-state index in [1.807, 2.05) is 0 Å². The first-order valence-electron chi connectivity index (χ1n) is 8.61. The Morgan fingerprint density at radius 2 is 1.66 bits per heavy atom. The predicted octanol–water partition coefficient (Wildman–Crippen LogP) is 2.95. The first-order chi connectivity index (χ1) is 13.7. The maximum Gasteiger partial charge on any atom is 0.387 e. The molecule has 1 fully saturated rings. The van der Waals surface area contributed by atoms with Gasteiger partial charge in [-0.05, 0) is 48.9 Å². The van der Waals surface area contributed by atoms with Gasteiger partial charge in [0.05, 0.1) is 13.7 Å². The Kier molecular flexibility index (Phi) is 5.49. The Bertz CT molecular complexity index is 931. The first kappa shape index (κ1) is 20.2. The monoisotopic (exact) mass is 404 g/mol. The zero-order valence-electron chi connectivity index (χ0n) is 15.6. The van der Waals surface area contributed by atoms with Crippen molar-refractivity contribution in [3.8, 4) is 11.5 Å². The van der Waals surface area contributed by atoms with Crippen LogP contribution < -0.4 is 14.8 Å². The molecule has 0 aromatic heterocycles. The number of methoxy groups -OCH3 is 1. The van der Waals surface area contributed by atoms with Gasteiger partial charge in [-0.1, -0.05) is 12.1 Å². The van der Waals surface area contributed by atoms with E-state index < -0.39 is 36.4 Å². The third-order valence-electron chi connectivity index (χ3n) is 4.65. The molecule has 0 bridgehead atoms. The molecule has 1 aliphatic rings. The van der Waals surface area contributed by atoms with Crippen LogP contribution in [0.3, 0.4) is 0 Å². The second-order valence-corrected chi connectivity index (χ2v) is 6.50. The number of nitrogens with zero attached hydrogens (tertiary/aromatic N) is 1. The highest BCUT2D eigenvalue weighted by Gasteiger charge is 2.49. The summed E-state index contributed by atoms with van der Waals surface area (Å²) in [5.74, 6) is -0.535. The fourth-order valence-electron chi connectivity index (χ4n) is 3.02. The summed E-state index contributed by atoms with van der Waals surface area (Å²) in [4.78, 5) is 38.6. The van der Waals surface area contributed by atoms with E-state index in [0.29, 0.717) is 16.9 Å². The van der Waals surface area contributed by atoms with Gasteiger partial charge in [-0.3, -0.25) is 14.5 Å². The molecule has 152 valence electrons. The lowest BCUT2D eigenvalue weighted by atomic mass is 9.92. The van der Waals surface area contributed by atoms with Crippen LogP contribution in [0.1, 0.15) is 22.8 Å². The van der Waals surface area contributed by atoms with Gasteiger partial charge in [0.1, 0.15) is 17.0 Å². The number of imide groups is 1. The van der Waals surface area contributed by atoms with Crippen molar-refractivity contribution in [2.75, 3.05) is 13.7 Å². The lowest BCUT2D eigenvalue weighted by molar-refractivity contribution is -0.130. The molecule has 2 aromatic carbocycles. The normalized spacial score (nSPS) is 18.7. The van der Waals surface area contributed by atoms with Gasteiger partial charge in [0.15, 0.2) is 5.78 Å². The lowest BCUT2D eigenvalue weighted by Gasteiger charge is -2.22. The molecule has 1 heterocycles. The fourth-order valence-corrected chi connectivity index (χ4v) is 3.02. The van der Waals surface area contributed by atoms with E-state index in [4.69, 9.17) is 4.74 Å². The Balaban J connectivity index is 1.76. The number of benzene rings is 2. The Morgan fingerprint density at radius 1 is 1.07 bits per heavy atom. The third kappa shape index (κ3) is 4.03. The summed E-state index contributed by atoms with van der Waals surface area (Å²) < 4.78 is 33.9. The molecule has 9 heteroatoms. The standard InChI is InChI=1S/C20H18F2N2O5/c1-20(13-5-9-15(10-6-13)29-18(21)22)17(26)24(19(27)23-20)11-16(25)12-3-7-14(28-2)8-4-12/h3-10,18H,11H2,1-2H3,(H,23,27)/t20-/m0/s1. The predicted molar refractivity (Wildman–Crippen MR) is 98.0 cm³/mol. The maximum atomic E-state index is 12.9. The first-order valence-corrected chi connectivity index (χ1v) is 8.61. The van der Waals surface area contributed by atoms with Gasteiger partial charge in [0.2, 0.25) is 0 Å². The molecule has 0 spiro atoms. The van der Waals surface area contributed by atoms with Crippen molar-refractivity contribution in [3.05, 3.63) is 59.7 Å². The van der Waals surface area contributed by atoms with E-state index in [0.717, 1.165) is 4.90 Å². The van der Waals surface area contributed by atoms with Crippen molar-refractivity contribution in [2.24, 2.45) is 0 Å². The molecule has 29 heavy (non-hydrogen) atoms. The van der Waals surface area contributed by atoms with Crippen LogP contribution in [-0.4, -0.2) is 42.9 Å². The van der Waals surface area contributed by atoms with Crippen molar-refractivity contribution in [2.45, 2.75) is 19.1 Å². The van der Waals surface area contributed by atoms with E-state index in [-0.39, 0.29) is 5.75 Å². The highest BCUT2D eigenvalue weighted by molar-refractivity contribution is 6.11. The van der Waals surface area contributed by atoms with Crippen molar-refractivity contribution >= 4 is 17.7 Å². The summed E-state index contributed by atoms with van der Waals surface area (Å²) in [6.45, 7) is -1.92. The number of ether oxygens (including phenoxy) is 2. The zero-order valence-corrected chi connectivity index (χ0v) is 15.6. The molecule has 1 N–H and O–H groups in total. The van der Waals surface area contributed by atoms with Crippen molar-refractivity contribution < 1.29 is 32.6 Å². The van der Waals surface area contributed by atoms with Crippen LogP contribution in [0.4, 0.5) is 13.6 Å². The van der Waals surface area contributed by atoms with Gasteiger partial charge in [0.25, 0.3) is 5.91 Å². The van der Waals surface area contributed by atoms with Crippen molar-refractivity contribution in [1.82, 2.24) is 10.2 Å². The number of nitrogens with one attached hydrogen (secondary N) is 1. The van der Waals surface area contributed by atoms with Gasteiger partial charge in [0, 0.05) is 5.56 Å². The molecular weight excluding hydrogens is 386 g/mol. The van der Waals surface area contributed by atoms with Gasteiger partial charge in [-0.15, -0.1) is 0 Å². The van der Waals surface area contributed by atoms with Crippen molar-refractivity contribution in [1.29, 1.82) is 0 Å². The molecule has 0 unspecified atom stereocenters.